The van der Waals surface area contributed by atoms with Crippen LogP contribution in [0, 0.1) is 29.2 Å². The van der Waals surface area contributed by atoms with Crippen LogP contribution < -0.4 is 4.74 Å². The van der Waals surface area contributed by atoms with E-state index in [0.717, 1.165) is 19.3 Å². The summed E-state index contributed by atoms with van der Waals surface area (Å²) in [7, 11) is 0. The van der Waals surface area contributed by atoms with E-state index >= 15 is 0 Å². The molecule has 10 heteroatoms. The Morgan fingerprint density at radius 1 is 0.865 bits per heavy atom. The minimum atomic E-state index is -4.61. The van der Waals surface area contributed by atoms with E-state index in [1.165, 1.54) is 0 Å². The molecule has 1 aliphatic rings. The third-order valence-corrected chi connectivity index (χ3v) is 6.02. The molecule has 4 rings (SSSR count). The van der Waals surface area contributed by atoms with E-state index < -0.39 is 52.7 Å². The van der Waals surface area contributed by atoms with Gasteiger partial charge in [-0.15, -0.1) is 0 Å². The molecule has 1 saturated heterocycles. The minimum Gasteiger partial charge on any atom is -0.503 e. The van der Waals surface area contributed by atoms with Crippen LogP contribution in [0.4, 0.5) is 26.3 Å². The molecule has 37 heavy (non-hydrogen) atoms. The molecule has 4 nitrogen and oxygen atoms in total. The van der Waals surface area contributed by atoms with Gasteiger partial charge in [-0.25, -0.2) is 17.6 Å². The zero-order chi connectivity index (χ0) is 26.7. The second kappa shape index (κ2) is 11.0. The Balaban J connectivity index is 1.50. The van der Waals surface area contributed by atoms with Crippen molar-refractivity contribution in [2.75, 3.05) is 13.2 Å². The van der Waals surface area contributed by atoms with Crippen molar-refractivity contribution < 1.29 is 45.7 Å². The van der Waals surface area contributed by atoms with Crippen LogP contribution in [0.3, 0.4) is 0 Å². The maximum atomic E-state index is 14.7. The molecule has 0 bridgehead atoms. The van der Waals surface area contributed by atoms with Gasteiger partial charge in [-0.05, 0) is 29.7 Å². The highest BCUT2D eigenvalue weighted by Crippen LogP contribution is 2.38. The predicted octanol–water partition coefficient (Wildman–Crippen LogP) is 7.60. The number of rotatable bonds is 8. The average Bonchev–Trinajstić information content (AvgIpc) is 2.85. The first-order valence-electron chi connectivity index (χ1n) is 11.7. The van der Waals surface area contributed by atoms with Gasteiger partial charge in [-0.2, -0.15) is 8.78 Å². The summed E-state index contributed by atoms with van der Waals surface area (Å²) in [6.07, 6.45) is -1.99. The fraction of sp³-hybridized carbons (Fsp3) is 0.333. The molecule has 0 radical (unpaired) electrons. The first kappa shape index (κ1) is 26.8. The molecular formula is C27H24F6O4. The Bertz CT molecular complexity index is 1190. The molecular weight excluding hydrogens is 502 g/mol. The van der Waals surface area contributed by atoms with Gasteiger partial charge in [-0.3, -0.25) is 0 Å². The van der Waals surface area contributed by atoms with E-state index in [0.29, 0.717) is 42.4 Å². The molecule has 3 aromatic rings. The molecule has 0 saturated carbocycles. The highest BCUT2D eigenvalue weighted by Gasteiger charge is 2.41. The first-order valence-corrected chi connectivity index (χ1v) is 11.7. The topological polar surface area (TPSA) is 47.9 Å². The molecule has 0 amide bonds. The molecule has 1 fully saturated rings. The fourth-order valence-corrected chi connectivity index (χ4v) is 4.05. The lowest BCUT2D eigenvalue weighted by atomic mass is 10.0. The number of aromatic hydroxyl groups is 1. The van der Waals surface area contributed by atoms with Gasteiger partial charge in [0, 0.05) is 23.6 Å². The Morgan fingerprint density at radius 2 is 1.43 bits per heavy atom. The number of halogens is 6. The lowest BCUT2D eigenvalue weighted by Crippen LogP contribution is -2.27. The molecule has 0 unspecified atom stereocenters. The molecule has 3 aromatic carbocycles. The maximum absolute atomic E-state index is 14.7. The van der Waals surface area contributed by atoms with E-state index in [9.17, 15) is 26.3 Å². The van der Waals surface area contributed by atoms with Gasteiger partial charge < -0.3 is 19.3 Å². The fourth-order valence-electron chi connectivity index (χ4n) is 4.05. The second-order valence-corrected chi connectivity index (χ2v) is 8.80. The number of hydrogen-bond donors (Lipinski definition) is 1. The van der Waals surface area contributed by atoms with E-state index in [2.05, 4.69) is 11.7 Å². The third-order valence-electron chi connectivity index (χ3n) is 6.02. The summed E-state index contributed by atoms with van der Waals surface area (Å²) in [5, 5.41) is 9.08. The lowest BCUT2D eigenvalue weighted by Gasteiger charge is -2.29. The SMILES string of the molecule is CCCCC1COC(c2ccc(-c3cc(F)c(C(F)(F)Oc4cc(F)c(O)c(F)c4)c(F)c3)cc2)OC1. The molecule has 1 heterocycles. The van der Waals surface area contributed by atoms with E-state index in [4.69, 9.17) is 14.6 Å². The first-order chi connectivity index (χ1) is 17.6. The Labute approximate surface area is 209 Å². The van der Waals surface area contributed by atoms with Crippen LogP contribution in [0.15, 0.2) is 48.5 Å². The summed E-state index contributed by atoms with van der Waals surface area (Å²) in [6.45, 7) is 3.23. The number of phenolic OH excluding ortho intramolecular Hbond substituents is 1. The molecule has 1 aliphatic heterocycles. The van der Waals surface area contributed by atoms with Crippen LogP contribution in [0.5, 0.6) is 11.5 Å². The van der Waals surface area contributed by atoms with Gasteiger partial charge in [0.1, 0.15) is 22.9 Å². The zero-order valence-corrected chi connectivity index (χ0v) is 19.7. The van der Waals surface area contributed by atoms with E-state index in [1.54, 1.807) is 24.3 Å². The van der Waals surface area contributed by atoms with Gasteiger partial charge in [0.25, 0.3) is 0 Å². The van der Waals surface area contributed by atoms with Crippen molar-refractivity contribution in [2.45, 2.75) is 38.6 Å². The van der Waals surface area contributed by atoms with Crippen molar-refractivity contribution in [1.29, 1.82) is 0 Å². The largest absolute Gasteiger partial charge is 0.503 e. The summed E-state index contributed by atoms with van der Waals surface area (Å²) in [6, 6.07) is 8.35. The van der Waals surface area contributed by atoms with Crippen molar-refractivity contribution >= 4 is 0 Å². The molecule has 0 atom stereocenters. The van der Waals surface area contributed by atoms with Crippen molar-refractivity contribution in [1.82, 2.24) is 0 Å². The van der Waals surface area contributed by atoms with Crippen molar-refractivity contribution in [3.63, 3.8) is 0 Å². The molecule has 0 spiro atoms. The second-order valence-electron chi connectivity index (χ2n) is 8.80. The van der Waals surface area contributed by atoms with Gasteiger partial charge in [0.15, 0.2) is 23.7 Å². The quantitative estimate of drug-likeness (QED) is 0.307. The summed E-state index contributed by atoms with van der Waals surface area (Å²) >= 11 is 0. The van der Waals surface area contributed by atoms with Gasteiger partial charge in [0.05, 0.1) is 13.2 Å². The Hall–Kier alpha value is -3.24. The van der Waals surface area contributed by atoms with Crippen LogP contribution in [0.1, 0.15) is 43.6 Å². The molecule has 0 aromatic heterocycles. The summed E-state index contributed by atoms with van der Waals surface area (Å²) < 4.78 is 101. The number of alkyl halides is 2. The van der Waals surface area contributed by atoms with E-state index in [1.807, 2.05) is 0 Å². The van der Waals surface area contributed by atoms with Crippen molar-refractivity contribution in [3.05, 3.63) is 82.9 Å². The number of ether oxygens (including phenoxy) is 3. The lowest BCUT2D eigenvalue weighted by molar-refractivity contribution is -0.206. The smallest absolute Gasteiger partial charge is 0.432 e. The van der Waals surface area contributed by atoms with Crippen molar-refractivity contribution in [3.8, 4) is 22.6 Å². The summed E-state index contributed by atoms with van der Waals surface area (Å²) in [5.74, 6) is -8.55. The predicted molar refractivity (Wildman–Crippen MR) is 122 cm³/mol. The highest BCUT2D eigenvalue weighted by atomic mass is 19.3. The summed E-state index contributed by atoms with van der Waals surface area (Å²) in [4.78, 5) is 0. The van der Waals surface area contributed by atoms with E-state index in [-0.39, 0.29) is 17.7 Å². The third kappa shape index (κ3) is 6.02. The minimum absolute atomic E-state index is 0.0204. The normalized spacial score (nSPS) is 18.1. The number of benzene rings is 3. The van der Waals surface area contributed by atoms with Crippen LogP contribution >= 0.6 is 0 Å². The van der Waals surface area contributed by atoms with Crippen molar-refractivity contribution in [2.24, 2.45) is 5.92 Å². The van der Waals surface area contributed by atoms with Crippen LogP contribution in [-0.4, -0.2) is 18.3 Å². The van der Waals surface area contributed by atoms with Gasteiger partial charge in [-0.1, -0.05) is 44.0 Å². The number of phenols is 1. The Kier molecular flexibility index (Phi) is 7.99. The van der Waals surface area contributed by atoms with Gasteiger partial charge >= 0.3 is 6.11 Å². The monoisotopic (exact) mass is 526 g/mol. The number of hydrogen-bond acceptors (Lipinski definition) is 4. The number of unbranched alkanes of at least 4 members (excludes halogenated alkanes) is 1. The zero-order valence-electron chi connectivity index (χ0n) is 19.7. The highest BCUT2D eigenvalue weighted by molar-refractivity contribution is 5.64. The van der Waals surface area contributed by atoms with Crippen LogP contribution in [0.2, 0.25) is 0 Å². The molecule has 198 valence electrons. The van der Waals surface area contributed by atoms with Gasteiger partial charge in [0.2, 0.25) is 0 Å². The summed E-state index contributed by atoms with van der Waals surface area (Å²) in [5.41, 5.74) is -0.712. The standard InChI is InChI=1S/C27H24F6O4/c1-2-3-4-15-13-35-26(36-14-15)17-7-5-16(6-8-17)18-9-20(28)24(21(29)10-18)27(32,33)37-19-11-22(30)25(34)23(31)12-19/h5-12,15,26,34H,2-4,13-14H2,1H3. The average molecular weight is 526 g/mol. The molecule has 1 N–H and O–H groups in total. The van der Waals surface area contributed by atoms with Crippen LogP contribution in [0.25, 0.3) is 11.1 Å². The maximum Gasteiger partial charge on any atom is 0.432 e. The molecule has 0 aliphatic carbocycles. The van der Waals surface area contributed by atoms with Crippen LogP contribution in [-0.2, 0) is 15.6 Å². The Morgan fingerprint density at radius 3 is 1.97 bits per heavy atom.